The molecule has 0 unspecified atom stereocenters. The van der Waals surface area contributed by atoms with Crippen LogP contribution in [0.15, 0.2) is 76.2 Å². The molecule has 5 rings (SSSR count). The van der Waals surface area contributed by atoms with Crippen LogP contribution < -0.4 is 14.8 Å². The second kappa shape index (κ2) is 12.6. The molecule has 1 N–H and O–H groups in total. The van der Waals surface area contributed by atoms with E-state index in [2.05, 4.69) is 21.2 Å². The van der Waals surface area contributed by atoms with E-state index in [1.165, 1.54) is 17.0 Å². The lowest BCUT2D eigenvalue weighted by Crippen LogP contribution is -2.14. The Morgan fingerprint density at radius 3 is 2.62 bits per heavy atom. The summed E-state index contributed by atoms with van der Waals surface area (Å²) < 4.78 is 25.9. The Morgan fingerprint density at radius 2 is 1.85 bits per heavy atom. The molecule has 0 atom stereocenters. The highest BCUT2D eigenvalue weighted by atomic mass is 79.9. The van der Waals surface area contributed by atoms with E-state index in [-0.39, 0.29) is 18.3 Å². The molecule has 0 saturated carbocycles. The van der Waals surface area contributed by atoms with E-state index in [1.54, 1.807) is 29.7 Å². The van der Waals surface area contributed by atoms with Gasteiger partial charge in [0.15, 0.2) is 11.5 Å². The molecule has 0 spiro atoms. The first kappa shape index (κ1) is 27.1. The molecule has 3 aromatic carbocycles. The number of nitrogens with one attached hydrogen (secondary N) is 1. The minimum absolute atomic E-state index is 0.131. The number of carbonyl (C=O) groups is 1. The van der Waals surface area contributed by atoms with E-state index < -0.39 is 0 Å². The number of halogens is 2. The van der Waals surface area contributed by atoms with Crippen molar-refractivity contribution in [3.8, 4) is 11.5 Å². The summed E-state index contributed by atoms with van der Waals surface area (Å²) in [5.74, 6) is 0.718. The van der Waals surface area contributed by atoms with Crippen LogP contribution in [0, 0.1) is 5.82 Å². The number of thiophene rings is 1. The van der Waals surface area contributed by atoms with Crippen molar-refractivity contribution in [3.05, 3.63) is 104 Å². The van der Waals surface area contributed by atoms with Crippen molar-refractivity contribution in [1.82, 2.24) is 0 Å². The van der Waals surface area contributed by atoms with Crippen LogP contribution in [0.5, 0.6) is 11.5 Å². The van der Waals surface area contributed by atoms with Gasteiger partial charge in [-0.3, -0.25) is 4.79 Å². The summed E-state index contributed by atoms with van der Waals surface area (Å²) in [6.07, 6.45) is 5.82. The highest BCUT2D eigenvalue weighted by Gasteiger charge is 2.25. The zero-order valence-corrected chi connectivity index (χ0v) is 23.9. The van der Waals surface area contributed by atoms with Crippen LogP contribution in [0.1, 0.15) is 51.7 Å². The van der Waals surface area contributed by atoms with E-state index in [0.717, 1.165) is 48.1 Å². The Kier molecular flexibility index (Phi) is 8.74. The average Bonchev–Trinajstić information content (AvgIpc) is 3.32. The zero-order valence-electron chi connectivity index (χ0n) is 21.5. The van der Waals surface area contributed by atoms with E-state index in [1.807, 2.05) is 49.4 Å². The number of aryl methyl sites for hydroxylation is 1. The molecule has 1 aromatic heterocycles. The summed E-state index contributed by atoms with van der Waals surface area (Å²) in [5, 5.41) is 3.74. The summed E-state index contributed by atoms with van der Waals surface area (Å²) in [6, 6.07) is 19.5. The van der Waals surface area contributed by atoms with Crippen LogP contribution in [-0.2, 0) is 19.4 Å². The summed E-state index contributed by atoms with van der Waals surface area (Å²) in [7, 11) is 0. The third-order valence-electron chi connectivity index (χ3n) is 6.37. The van der Waals surface area contributed by atoms with Crippen molar-refractivity contribution in [2.24, 2.45) is 4.99 Å². The number of amides is 1. The number of carbonyl (C=O) groups excluding carboxylic acids is 1. The summed E-state index contributed by atoms with van der Waals surface area (Å²) >= 11 is 5.21. The number of hydrogen-bond donors (Lipinski definition) is 1. The first-order chi connectivity index (χ1) is 19.0. The third kappa shape index (κ3) is 6.57. The molecule has 8 heteroatoms. The molecule has 200 valence electrons. The molecular weight excluding hydrogens is 579 g/mol. The SMILES string of the molecule is CCOc1cc(C=Nc2sc3c(c2C(=O)Nc2ccccc2)CCCC3)cc(Br)c1OCc1ccc(F)cc1. The van der Waals surface area contributed by atoms with E-state index in [9.17, 15) is 9.18 Å². The molecule has 1 heterocycles. The van der Waals surface area contributed by atoms with Crippen molar-refractivity contribution < 1.29 is 18.7 Å². The molecule has 1 aliphatic carbocycles. The Morgan fingerprint density at radius 1 is 1.08 bits per heavy atom. The second-order valence-corrected chi connectivity index (χ2v) is 11.1. The highest BCUT2D eigenvalue weighted by molar-refractivity contribution is 9.10. The molecule has 0 radical (unpaired) electrons. The number of fused-ring (bicyclic) bond motifs is 1. The van der Waals surface area contributed by atoms with E-state index in [0.29, 0.717) is 33.1 Å². The molecule has 5 nitrogen and oxygen atoms in total. The molecular formula is C31H28BrFN2O3S. The Bertz CT molecular complexity index is 1490. The quantitative estimate of drug-likeness (QED) is 0.194. The number of anilines is 1. The maximum absolute atomic E-state index is 13.4. The molecule has 0 aliphatic heterocycles. The van der Waals surface area contributed by atoms with Gasteiger partial charge < -0.3 is 14.8 Å². The predicted octanol–water partition coefficient (Wildman–Crippen LogP) is 8.51. The predicted molar refractivity (Wildman–Crippen MR) is 159 cm³/mol. The van der Waals surface area contributed by atoms with Crippen LogP contribution in [0.25, 0.3) is 0 Å². The second-order valence-electron chi connectivity index (χ2n) is 9.15. The number of ether oxygens (including phenoxy) is 2. The fraction of sp³-hybridized carbons (Fsp3) is 0.226. The Labute approximate surface area is 239 Å². The topological polar surface area (TPSA) is 59.9 Å². The lowest BCUT2D eigenvalue weighted by Gasteiger charge is -2.15. The number of hydrogen-bond acceptors (Lipinski definition) is 5. The van der Waals surface area contributed by atoms with Gasteiger partial charge in [-0.2, -0.15) is 0 Å². The average molecular weight is 608 g/mol. The number of para-hydroxylation sites is 1. The minimum atomic E-state index is -0.286. The normalized spacial score (nSPS) is 12.8. The van der Waals surface area contributed by atoms with Crippen molar-refractivity contribution in [3.63, 3.8) is 0 Å². The maximum atomic E-state index is 13.4. The van der Waals surface area contributed by atoms with Gasteiger partial charge in [-0.15, -0.1) is 11.3 Å². The molecule has 0 saturated heterocycles. The molecule has 4 aromatic rings. The fourth-order valence-corrected chi connectivity index (χ4v) is 6.33. The first-order valence-electron chi connectivity index (χ1n) is 12.9. The Hall–Kier alpha value is -3.49. The van der Waals surface area contributed by atoms with Crippen molar-refractivity contribution >= 4 is 50.1 Å². The van der Waals surface area contributed by atoms with Gasteiger partial charge in [-0.05, 0) is 102 Å². The summed E-state index contributed by atoms with van der Waals surface area (Å²) in [4.78, 5) is 19.4. The molecule has 0 fully saturated rings. The smallest absolute Gasteiger partial charge is 0.259 e. The summed E-state index contributed by atoms with van der Waals surface area (Å²) in [5.41, 5.74) is 4.19. The van der Waals surface area contributed by atoms with E-state index >= 15 is 0 Å². The van der Waals surface area contributed by atoms with Gasteiger partial charge in [0.25, 0.3) is 5.91 Å². The van der Waals surface area contributed by atoms with Crippen LogP contribution in [-0.4, -0.2) is 18.7 Å². The molecule has 1 amide bonds. The highest BCUT2D eigenvalue weighted by Crippen LogP contribution is 2.41. The maximum Gasteiger partial charge on any atom is 0.259 e. The van der Waals surface area contributed by atoms with Crippen LogP contribution in [0.3, 0.4) is 0 Å². The molecule has 39 heavy (non-hydrogen) atoms. The number of rotatable bonds is 9. The van der Waals surface area contributed by atoms with Gasteiger partial charge in [0.2, 0.25) is 0 Å². The number of aliphatic imine (C=N–C) groups is 1. The van der Waals surface area contributed by atoms with Gasteiger partial charge in [-0.25, -0.2) is 9.38 Å². The van der Waals surface area contributed by atoms with Gasteiger partial charge in [0, 0.05) is 16.8 Å². The zero-order chi connectivity index (χ0) is 27.2. The lowest BCUT2D eigenvalue weighted by molar-refractivity contribution is 0.102. The number of nitrogens with zero attached hydrogens (tertiary/aromatic N) is 1. The molecule has 0 bridgehead atoms. The van der Waals surface area contributed by atoms with Crippen molar-refractivity contribution in [2.75, 3.05) is 11.9 Å². The first-order valence-corrected chi connectivity index (χ1v) is 14.5. The van der Waals surface area contributed by atoms with Crippen LogP contribution in [0.4, 0.5) is 15.1 Å². The largest absolute Gasteiger partial charge is 0.490 e. The third-order valence-corrected chi connectivity index (χ3v) is 8.16. The van der Waals surface area contributed by atoms with Crippen LogP contribution >= 0.6 is 27.3 Å². The Balaban J connectivity index is 1.42. The van der Waals surface area contributed by atoms with Crippen LogP contribution in [0.2, 0.25) is 0 Å². The standard InChI is InChI=1S/C31H28BrFN2O3S/c1-2-37-26-17-21(16-25(32)29(26)38-19-20-12-14-22(33)15-13-20)18-34-31-28(24-10-6-7-11-27(24)39-31)30(36)35-23-8-4-3-5-9-23/h3-5,8-9,12-18H,2,6-7,10-11,19H2,1H3,(H,35,36). The monoisotopic (exact) mass is 606 g/mol. The van der Waals surface area contributed by atoms with Crippen molar-refractivity contribution in [1.29, 1.82) is 0 Å². The number of benzene rings is 3. The fourth-order valence-electron chi connectivity index (χ4n) is 4.53. The summed E-state index contributed by atoms with van der Waals surface area (Å²) in [6.45, 7) is 2.64. The van der Waals surface area contributed by atoms with Gasteiger partial charge in [0.05, 0.1) is 16.6 Å². The lowest BCUT2D eigenvalue weighted by atomic mass is 9.95. The van der Waals surface area contributed by atoms with Gasteiger partial charge in [0.1, 0.15) is 17.4 Å². The molecule has 1 aliphatic rings. The van der Waals surface area contributed by atoms with Gasteiger partial charge in [-0.1, -0.05) is 30.3 Å². The van der Waals surface area contributed by atoms with Gasteiger partial charge >= 0.3 is 0 Å². The van der Waals surface area contributed by atoms with E-state index in [4.69, 9.17) is 14.5 Å². The minimum Gasteiger partial charge on any atom is -0.490 e. The van der Waals surface area contributed by atoms with Crippen molar-refractivity contribution in [2.45, 2.75) is 39.2 Å².